The second kappa shape index (κ2) is 5.87. The molecule has 0 saturated heterocycles. The maximum atomic E-state index is 5.93. The molecule has 0 aliphatic heterocycles. The molecule has 0 amide bonds. The topological polar surface area (TPSA) is 27.7 Å². The number of methoxy groups -OCH3 is 2. The molecule has 0 saturated carbocycles. The van der Waals surface area contributed by atoms with Crippen molar-refractivity contribution in [3.63, 3.8) is 0 Å². The van der Waals surface area contributed by atoms with Gasteiger partial charge < -0.3 is 14.1 Å². The van der Waals surface area contributed by atoms with Crippen LogP contribution < -0.4 is 14.9 Å². The average molecular weight is 263 g/mol. The van der Waals surface area contributed by atoms with Crippen LogP contribution in [-0.2, 0) is 4.65 Å². The number of ether oxygens (including phenoxy) is 2. The molecular formula is C15H24BO3. The molecule has 0 aliphatic rings. The van der Waals surface area contributed by atoms with Crippen LogP contribution in [0, 0.1) is 5.41 Å². The van der Waals surface area contributed by atoms with Gasteiger partial charge in [-0.15, -0.1) is 0 Å². The molecule has 0 bridgehead atoms. The number of hydrogen-bond acceptors (Lipinski definition) is 3. The van der Waals surface area contributed by atoms with Gasteiger partial charge in [0.1, 0.15) is 0 Å². The third-order valence-electron chi connectivity index (χ3n) is 3.70. The van der Waals surface area contributed by atoms with Gasteiger partial charge in [0.25, 0.3) is 0 Å². The smallest absolute Gasteiger partial charge is 0.330 e. The molecule has 19 heavy (non-hydrogen) atoms. The molecular weight excluding hydrogens is 239 g/mol. The van der Waals surface area contributed by atoms with E-state index in [-0.39, 0.29) is 11.0 Å². The van der Waals surface area contributed by atoms with Crippen LogP contribution in [0.25, 0.3) is 0 Å². The Morgan fingerprint density at radius 2 is 1.47 bits per heavy atom. The standard InChI is InChI=1S/C15H24BO3/c1-14(2,3)15(4,5)19-16-11-8-9-12(17-6)13(10-11)18-7/h8-10H,1-7H3. The Bertz CT molecular complexity index is 422. The summed E-state index contributed by atoms with van der Waals surface area (Å²) < 4.78 is 16.4. The summed E-state index contributed by atoms with van der Waals surface area (Å²) in [5.74, 6) is 1.42. The van der Waals surface area contributed by atoms with Gasteiger partial charge in [-0.1, -0.05) is 26.8 Å². The largest absolute Gasteiger partial charge is 0.493 e. The molecule has 0 aliphatic carbocycles. The van der Waals surface area contributed by atoms with E-state index < -0.39 is 0 Å². The molecule has 3 nitrogen and oxygen atoms in total. The quantitative estimate of drug-likeness (QED) is 0.764. The van der Waals surface area contributed by atoms with Crippen LogP contribution in [0.1, 0.15) is 34.6 Å². The van der Waals surface area contributed by atoms with Crippen LogP contribution in [0.4, 0.5) is 0 Å². The first-order valence-corrected chi connectivity index (χ1v) is 6.44. The maximum absolute atomic E-state index is 5.93. The van der Waals surface area contributed by atoms with E-state index in [1.807, 2.05) is 18.2 Å². The van der Waals surface area contributed by atoms with Crippen molar-refractivity contribution in [2.24, 2.45) is 5.41 Å². The molecule has 0 unspecified atom stereocenters. The van der Waals surface area contributed by atoms with E-state index in [9.17, 15) is 0 Å². The van der Waals surface area contributed by atoms with E-state index >= 15 is 0 Å². The summed E-state index contributed by atoms with van der Waals surface area (Å²) in [5.41, 5.74) is 0.759. The summed E-state index contributed by atoms with van der Waals surface area (Å²) in [6.45, 7) is 10.7. The molecule has 1 aromatic carbocycles. The van der Waals surface area contributed by atoms with Crippen LogP contribution in [0.15, 0.2) is 18.2 Å². The van der Waals surface area contributed by atoms with E-state index in [0.29, 0.717) is 5.75 Å². The predicted molar refractivity (Wildman–Crippen MR) is 79.6 cm³/mol. The maximum Gasteiger partial charge on any atom is 0.330 e. The van der Waals surface area contributed by atoms with Crippen molar-refractivity contribution in [3.8, 4) is 11.5 Å². The molecule has 1 rings (SSSR count). The monoisotopic (exact) mass is 263 g/mol. The molecule has 0 fully saturated rings. The Morgan fingerprint density at radius 1 is 0.895 bits per heavy atom. The number of hydrogen-bond donors (Lipinski definition) is 0. The highest BCUT2D eigenvalue weighted by Crippen LogP contribution is 2.32. The predicted octanol–water partition coefficient (Wildman–Crippen LogP) is 2.79. The fraction of sp³-hybridized carbons (Fsp3) is 0.600. The normalized spacial score (nSPS) is 12.2. The molecule has 4 heteroatoms. The Labute approximate surface area is 117 Å². The zero-order valence-corrected chi connectivity index (χ0v) is 13.0. The highest BCUT2D eigenvalue weighted by atomic mass is 16.5. The lowest BCUT2D eigenvalue weighted by Crippen LogP contribution is -2.42. The van der Waals surface area contributed by atoms with Crippen molar-refractivity contribution < 1.29 is 14.1 Å². The second-order valence-electron chi connectivity index (χ2n) is 6.11. The van der Waals surface area contributed by atoms with Crippen molar-refractivity contribution in [2.75, 3.05) is 14.2 Å². The van der Waals surface area contributed by atoms with Gasteiger partial charge in [0.15, 0.2) is 11.5 Å². The molecule has 0 heterocycles. The van der Waals surface area contributed by atoms with Crippen molar-refractivity contribution in [1.29, 1.82) is 0 Å². The van der Waals surface area contributed by atoms with Crippen LogP contribution in [-0.4, -0.2) is 27.3 Å². The number of rotatable bonds is 5. The zero-order valence-electron chi connectivity index (χ0n) is 13.0. The van der Waals surface area contributed by atoms with E-state index in [0.717, 1.165) is 11.2 Å². The molecule has 1 radical (unpaired) electrons. The Hall–Kier alpha value is -1.16. The fourth-order valence-corrected chi connectivity index (χ4v) is 1.32. The lowest BCUT2D eigenvalue weighted by Gasteiger charge is -2.39. The van der Waals surface area contributed by atoms with Crippen LogP contribution in [0.3, 0.4) is 0 Å². The van der Waals surface area contributed by atoms with Gasteiger partial charge in [0.05, 0.1) is 19.8 Å². The third-order valence-corrected chi connectivity index (χ3v) is 3.70. The summed E-state index contributed by atoms with van der Waals surface area (Å²) in [5, 5.41) is 0. The van der Waals surface area contributed by atoms with E-state index in [2.05, 4.69) is 34.6 Å². The highest BCUT2D eigenvalue weighted by molar-refractivity contribution is 6.47. The minimum atomic E-state index is -0.250. The molecule has 105 valence electrons. The van der Waals surface area contributed by atoms with Gasteiger partial charge in [-0.25, -0.2) is 0 Å². The SMILES string of the molecule is COc1ccc([B]OC(C)(C)C(C)(C)C)cc1OC. The first-order chi connectivity index (χ1) is 8.71. The zero-order chi connectivity index (χ0) is 14.7. The lowest BCUT2D eigenvalue weighted by atomic mass is 9.76. The van der Waals surface area contributed by atoms with E-state index in [4.69, 9.17) is 14.1 Å². The first kappa shape index (κ1) is 15.9. The lowest BCUT2D eigenvalue weighted by molar-refractivity contribution is 0.00503. The van der Waals surface area contributed by atoms with Crippen molar-refractivity contribution in [3.05, 3.63) is 18.2 Å². The summed E-state index contributed by atoms with van der Waals surface area (Å²) in [7, 11) is 5.02. The van der Waals surface area contributed by atoms with Crippen molar-refractivity contribution in [2.45, 2.75) is 40.2 Å². The second-order valence-corrected chi connectivity index (χ2v) is 6.11. The fourth-order valence-electron chi connectivity index (χ4n) is 1.32. The van der Waals surface area contributed by atoms with Crippen LogP contribution in [0.2, 0.25) is 0 Å². The Balaban J connectivity index is 2.79. The van der Waals surface area contributed by atoms with Crippen molar-refractivity contribution in [1.82, 2.24) is 0 Å². The molecule has 0 aromatic heterocycles. The summed E-state index contributed by atoms with van der Waals surface area (Å²) in [6, 6.07) is 5.72. The average Bonchev–Trinajstić information content (AvgIpc) is 2.34. The summed E-state index contributed by atoms with van der Waals surface area (Å²) >= 11 is 0. The Morgan fingerprint density at radius 3 is 1.95 bits per heavy atom. The molecule has 0 N–H and O–H groups in total. The molecule has 0 spiro atoms. The molecule has 1 aromatic rings. The summed E-state index contributed by atoms with van der Waals surface area (Å²) in [4.78, 5) is 0. The van der Waals surface area contributed by atoms with E-state index in [1.54, 1.807) is 21.7 Å². The van der Waals surface area contributed by atoms with E-state index in [1.165, 1.54) is 0 Å². The van der Waals surface area contributed by atoms with Gasteiger partial charge in [-0.2, -0.15) is 0 Å². The summed E-state index contributed by atoms with van der Waals surface area (Å²) in [6.07, 6.45) is 0. The van der Waals surface area contributed by atoms with Crippen LogP contribution >= 0.6 is 0 Å². The minimum absolute atomic E-state index is 0.0556. The highest BCUT2D eigenvalue weighted by Gasteiger charge is 2.33. The third kappa shape index (κ3) is 3.90. The minimum Gasteiger partial charge on any atom is -0.493 e. The first-order valence-electron chi connectivity index (χ1n) is 6.44. The van der Waals surface area contributed by atoms with Gasteiger partial charge in [-0.05, 0) is 36.9 Å². The number of benzene rings is 1. The molecule has 0 atom stereocenters. The van der Waals surface area contributed by atoms with Gasteiger partial charge in [0, 0.05) is 0 Å². The van der Waals surface area contributed by atoms with Gasteiger partial charge in [-0.3, -0.25) is 0 Å². The van der Waals surface area contributed by atoms with Gasteiger partial charge in [0.2, 0.25) is 0 Å². The van der Waals surface area contributed by atoms with Gasteiger partial charge >= 0.3 is 7.48 Å². The Kier molecular flexibility index (Phi) is 4.91. The van der Waals surface area contributed by atoms with Crippen molar-refractivity contribution >= 4 is 12.9 Å². The van der Waals surface area contributed by atoms with Crippen LogP contribution in [0.5, 0.6) is 11.5 Å².